The maximum Gasteiger partial charge on any atom is 0.317 e. The number of benzene rings is 1. The summed E-state index contributed by atoms with van der Waals surface area (Å²) in [6, 6.07) is 5.82. The van der Waals surface area contributed by atoms with Gasteiger partial charge in [0.25, 0.3) is 0 Å². The maximum atomic E-state index is 12.1. The van der Waals surface area contributed by atoms with Crippen LogP contribution in [0.3, 0.4) is 0 Å². The van der Waals surface area contributed by atoms with Crippen molar-refractivity contribution in [3.8, 4) is 16.9 Å². The van der Waals surface area contributed by atoms with Crippen molar-refractivity contribution in [2.75, 3.05) is 32.6 Å². The van der Waals surface area contributed by atoms with Crippen molar-refractivity contribution in [2.45, 2.75) is 25.3 Å². The molecule has 146 valence electrons. The summed E-state index contributed by atoms with van der Waals surface area (Å²) in [5, 5.41) is 3.04. The first-order chi connectivity index (χ1) is 13.5. The summed E-state index contributed by atoms with van der Waals surface area (Å²) in [7, 11) is 5.26. The van der Waals surface area contributed by atoms with Gasteiger partial charge < -0.3 is 19.9 Å². The zero-order chi connectivity index (χ0) is 19.8. The fourth-order valence-electron chi connectivity index (χ4n) is 3.77. The summed E-state index contributed by atoms with van der Waals surface area (Å²) in [6.07, 6.45) is 5.52. The lowest BCUT2D eigenvalue weighted by Gasteiger charge is -2.29. The van der Waals surface area contributed by atoms with Gasteiger partial charge in [-0.25, -0.2) is 4.79 Å². The van der Waals surface area contributed by atoms with Crippen LogP contribution in [0.15, 0.2) is 30.6 Å². The SMILES string of the molecule is CN(C)C(=O)N[C@@H]1CCOc2c(-c3ccc4c(c3)CCC(=O)N4C)cncc21. The van der Waals surface area contributed by atoms with E-state index in [2.05, 4.69) is 16.4 Å². The number of pyridine rings is 1. The number of hydrogen-bond acceptors (Lipinski definition) is 4. The number of carbonyl (C=O) groups excluding carboxylic acids is 2. The van der Waals surface area contributed by atoms with E-state index in [4.69, 9.17) is 4.74 Å². The van der Waals surface area contributed by atoms with E-state index in [0.717, 1.165) is 40.1 Å². The highest BCUT2D eigenvalue weighted by molar-refractivity contribution is 5.96. The molecule has 0 bridgehead atoms. The molecule has 0 radical (unpaired) electrons. The third-order valence-corrected chi connectivity index (χ3v) is 5.39. The van der Waals surface area contributed by atoms with Crippen molar-refractivity contribution in [3.05, 3.63) is 41.7 Å². The minimum atomic E-state index is -0.135. The van der Waals surface area contributed by atoms with Crippen LogP contribution in [0.1, 0.15) is 30.0 Å². The lowest BCUT2D eigenvalue weighted by atomic mass is 9.93. The van der Waals surface area contributed by atoms with Gasteiger partial charge in [0, 0.05) is 63.2 Å². The largest absolute Gasteiger partial charge is 0.492 e. The van der Waals surface area contributed by atoms with Crippen molar-refractivity contribution in [1.82, 2.24) is 15.2 Å². The molecular formula is C21H24N4O3. The van der Waals surface area contributed by atoms with E-state index in [1.54, 1.807) is 31.4 Å². The normalized spacial score (nSPS) is 18.0. The molecule has 0 saturated heterocycles. The molecule has 3 heterocycles. The van der Waals surface area contributed by atoms with Gasteiger partial charge in [0.15, 0.2) is 0 Å². The van der Waals surface area contributed by atoms with Gasteiger partial charge in [-0.3, -0.25) is 9.78 Å². The van der Waals surface area contributed by atoms with E-state index >= 15 is 0 Å². The molecule has 3 amide bonds. The molecule has 1 aromatic heterocycles. The van der Waals surface area contributed by atoms with Gasteiger partial charge >= 0.3 is 6.03 Å². The number of urea groups is 1. The van der Waals surface area contributed by atoms with Crippen molar-refractivity contribution in [1.29, 1.82) is 0 Å². The molecule has 7 nitrogen and oxygen atoms in total. The van der Waals surface area contributed by atoms with Gasteiger partial charge in [-0.2, -0.15) is 0 Å². The molecule has 1 N–H and O–H groups in total. The van der Waals surface area contributed by atoms with Crippen LogP contribution in [-0.4, -0.2) is 49.6 Å². The molecule has 7 heteroatoms. The van der Waals surface area contributed by atoms with Crippen LogP contribution in [0.2, 0.25) is 0 Å². The Kier molecular flexibility index (Phi) is 4.66. The Morgan fingerprint density at radius 2 is 2.11 bits per heavy atom. The molecule has 0 unspecified atom stereocenters. The number of ether oxygens (including phenoxy) is 1. The minimum absolute atomic E-state index is 0.132. The van der Waals surface area contributed by atoms with Gasteiger partial charge in [0.05, 0.1) is 12.6 Å². The van der Waals surface area contributed by atoms with Crippen molar-refractivity contribution < 1.29 is 14.3 Å². The van der Waals surface area contributed by atoms with E-state index in [1.165, 1.54) is 4.90 Å². The van der Waals surface area contributed by atoms with Crippen LogP contribution >= 0.6 is 0 Å². The van der Waals surface area contributed by atoms with Crippen molar-refractivity contribution >= 4 is 17.6 Å². The Morgan fingerprint density at radius 1 is 1.29 bits per heavy atom. The first-order valence-electron chi connectivity index (χ1n) is 9.44. The summed E-state index contributed by atoms with van der Waals surface area (Å²) in [5.74, 6) is 0.910. The molecule has 28 heavy (non-hydrogen) atoms. The molecule has 0 aliphatic carbocycles. The summed E-state index contributed by atoms with van der Waals surface area (Å²) >= 11 is 0. The van der Waals surface area contributed by atoms with Gasteiger partial charge in [-0.1, -0.05) is 6.07 Å². The zero-order valence-corrected chi connectivity index (χ0v) is 16.4. The standard InChI is InChI=1S/C21H24N4O3/c1-24(2)21(27)23-17-8-9-28-20-15(11-22-12-16(17)20)13-4-6-18-14(10-13)5-7-19(26)25(18)3/h4,6,10-12,17H,5,7-9H2,1-3H3,(H,23,27)/t17-/m1/s1. The molecule has 2 aromatic rings. The van der Waals surface area contributed by atoms with E-state index in [1.807, 2.05) is 19.2 Å². The zero-order valence-electron chi connectivity index (χ0n) is 16.4. The second kappa shape index (κ2) is 7.14. The highest BCUT2D eigenvalue weighted by Gasteiger charge is 2.27. The first kappa shape index (κ1) is 18.3. The summed E-state index contributed by atoms with van der Waals surface area (Å²) < 4.78 is 5.99. The van der Waals surface area contributed by atoms with Gasteiger partial charge in [-0.05, 0) is 29.7 Å². The predicted molar refractivity (Wildman–Crippen MR) is 106 cm³/mol. The number of nitrogens with zero attached hydrogens (tertiary/aromatic N) is 3. The lowest BCUT2D eigenvalue weighted by molar-refractivity contribution is -0.118. The number of fused-ring (bicyclic) bond motifs is 2. The topological polar surface area (TPSA) is 74.8 Å². The van der Waals surface area contributed by atoms with Crippen molar-refractivity contribution in [3.63, 3.8) is 0 Å². The quantitative estimate of drug-likeness (QED) is 0.869. The van der Waals surface area contributed by atoms with E-state index < -0.39 is 0 Å². The number of rotatable bonds is 2. The number of aryl methyl sites for hydroxylation is 1. The summed E-state index contributed by atoms with van der Waals surface area (Å²) in [4.78, 5) is 31.7. The Hall–Kier alpha value is -3.09. The van der Waals surface area contributed by atoms with E-state index in [9.17, 15) is 9.59 Å². The molecule has 1 aromatic carbocycles. The van der Waals surface area contributed by atoms with Crippen LogP contribution in [0, 0.1) is 0 Å². The smallest absolute Gasteiger partial charge is 0.317 e. The summed E-state index contributed by atoms with van der Waals surface area (Å²) in [5.41, 5.74) is 4.90. The average molecular weight is 380 g/mol. The molecule has 0 fully saturated rings. The van der Waals surface area contributed by atoms with Gasteiger partial charge in [0.1, 0.15) is 5.75 Å². The van der Waals surface area contributed by atoms with Crippen LogP contribution in [0.25, 0.3) is 11.1 Å². The number of amides is 3. The Morgan fingerprint density at radius 3 is 2.89 bits per heavy atom. The van der Waals surface area contributed by atoms with Crippen molar-refractivity contribution in [2.24, 2.45) is 0 Å². The maximum absolute atomic E-state index is 12.1. The molecule has 4 rings (SSSR count). The third kappa shape index (κ3) is 3.17. The first-order valence-corrected chi connectivity index (χ1v) is 9.44. The van der Waals surface area contributed by atoms with Crippen LogP contribution in [0.4, 0.5) is 10.5 Å². The Bertz CT molecular complexity index is 941. The predicted octanol–water partition coefficient (Wildman–Crippen LogP) is 2.75. The molecule has 2 aliphatic heterocycles. The van der Waals surface area contributed by atoms with E-state index in [0.29, 0.717) is 19.4 Å². The fourth-order valence-corrected chi connectivity index (χ4v) is 3.77. The Balaban J connectivity index is 1.71. The Labute approximate surface area is 164 Å². The van der Waals surface area contributed by atoms with Gasteiger partial charge in [-0.15, -0.1) is 0 Å². The molecule has 0 saturated carbocycles. The second-order valence-electron chi connectivity index (χ2n) is 7.44. The number of carbonyl (C=O) groups is 2. The molecule has 2 aliphatic rings. The fraction of sp³-hybridized carbons (Fsp3) is 0.381. The van der Waals surface area contributed by atoms with E-state index in [-0.39, 0.29) is 18.0 Å². The third-order valence-electron chi connectivity index (χ3n) is 5.39. The highest BCUT2D eigenvalue weighted by Crippen LogP contribution is 2.41. The van der Waals surface area contributed by atoms with Crippen LogP contribution < -0.4 is 15.0 Å². The second-order valence-corrected chi connectivity index (χ2v) is 7.44. The minimum Gasteiger partial charge on any atom is -0.492 e. The highest BCUT2D eigenvalue weighted by atomic mass is 16.5. The number of nitrogens with one attached hydrogen (secondary N) is 1. The molecule has 0 spiro atoms. The number of anilines is 1. The average Bonchev–Trinajstić information content (AvgIpc) is 2.70. The van der Waals surface area contributed by atoms with Crippen LogP contribution in [-0.2, 0) is 11.2 Å². The summed E-state index contributed by atoms with van der Waals surface area (Å²) in [6.45, 7) is 0.532. The molecular weight excluding hydrogens is 356 g/mol. The monoisotopic (exact) mass is 380 g/mol. The number of hydrogen-bond donors (Lipinski definition) is 1. The molecule has 1 atom stereocenters. The van der Waals surface area contributed by atoms with Crippen LogP contribution in [0.5, 0.6) is 5.75 Å². The number of aromatic nitrogens is 1. The lowest BCUT2D eigenvalue weighted by Crippen LogP contribution is -2.39. The van der Waals surface area contributed by atoms with Gasteiger partial charge in [0.2, 0.25) is 5.91 Å².